The molecule has 1 aromatic carbocycles. The summed E-state index contributed by atoms with van der Waals surface area (Å²) in [5.41, 5.74) is 9.06. The maximum Gasteiger partial charge on any atom is 0.127 e. The minimum absolute atomic E-state index is 0.153. The molecular formula is C15H21NO. The van der Waals surface area contributed by atoms with Crippen LogP contribution in [0.2, 0.25) is 0 Å². The Morgan fingerprint density at radius 2 is 2.24 bits per heavy atom. The van der Waals surface area contributed by atoms with Crippen LogP contribution in [0.15, 0.2) is 18.2 Å². The first-order valence-electron chi connectivity index (χ1n) is 6.77. The van der Waals surface area contributed by atoms with E-state index >= 15 is 0 Å². The Labute approximate surface area is 103 Å². The first kappa shape index (κ1) is 11.1. The fourth-order valence-corrected chi connectivity index (χ4v) is 3.44. The van der Waals surface area contributed by atoms with Gasteiger partial charge in [0.25, 0.3) is 0 Å². The minimum atomic E-state index is 0.153. The van der Waals surface area contributed by atoms with Crippen LogP contribution in [0.5, 0.6) is 5.75 Å². The van der Waals surface area contributed by atoms with E-state index in [2.05, 4.69) is 25.1 Å². The zero-order chi connectivity index (χ0) is 11.8. The number of ether oxygens (including phenoxy) is 1. The molecule has 2 heteroatoms. The molecule has 2 aliphatic rings. The second-order valence-corrected chi connectivity index (χ2v) is 5.53. The highest BCUT2D eigenvalue weighted by Crippen LogP contribution is 2.42. The summed E-state index contributed by atoms with van der Waals surface area (Å²) >= 11 is 0. The van der Waals surface area contributed by atoms with Crippen LogP contribution in [0.1, 0.15) is 43.4 Å². The van der Waals surface area contributed by atoms with Gasteiger partial charge in [0.1, 0.15) is 5.75 Å². The van der Waals surface area contributed by atoms with Crippen molar-refractivity contribution >= 4 is 0 Å². The molecule has 1 aliphatic carbocycles. The van der Waals surface area contributed by atoms with Crippen LogP contribution < -0.4 is 10.5 Å². The number of benzene rings is 1. The SMILES string of the molecule is CC1CCCC1C(N)c1cccc2c1OCC2. The maximum atomic E-state index is 6.48. The van der Waals surface area contributed by atoms with E-state index in [1.165, 1.54) is 30.4 Å². The molecule has 0 spiro atoms. The molecule has 1 saturated carbocycles. The van der Waals surface area contributed by atoms with Crippen molar-refractivity contribution in [3.8, 4) is 5.75 Å². The summed E-state index contributed by atoms with van der Waals surface area (Å²) in [5, 5.41) is 0. The molecule has 3 unspecified atom stereocenters. The summed E-state index contributed by atoms with van der Waals surface area (Å²) in [7, 11) is 0. The van der Waals surface area contributed by atoms with E-state index in [0.29, 0.717) is 5.92 Å². The van der Waals surface area contributed by atoms with E-state index in [-0.39, 0.29) is 6.04 Å². The first-order valence-corrected chi connectivity index (χ1v) is 6.77. The number of para-hydroxylation sites is 1. The van der Waals surface area contributed by atoms with Crippen molar-refractivity contribution in [2.45, 2.75) is 38.6 Å². The number of hydrogen-bond acceptors (Lipinski definition) is 2. The Balaban J connectivity index is 1.91. The van der Waals surface area contributed by atoms with Crippen LogP contribution in [0.3, 0.4) is 0 Å². The Morgan fingerprint density at radius 3 is 3.00 bits per heavy atom. The number of hydrogen-bond donors (Lipinski definition) is 1. The van der Waals surface area contributed by atoms with Gasteiger partial charge in [0, 0.05) is 18.0 Å². The highest BCUT2D eigenvalue weighted by molar-refractivity contribution is 5.45. The lowest BCUT2D eigenvalue weighted by Gasteiger charge is -2.25. The molecule has 0 saturated heterocycles. The highest BCUT2D eigenvalue weighted by atomic mass is 16.5. The fourth-order valence-electron chi connectivity index (χ4n) is 3.44. The summed E-state index contributed by atoms with van der Waals surface area (Å²) in [6, 6.07) is 6.60. The lowest BCUT2D eigenvalue weighted by atomic mass is 9.85. The van der Waals surface area contributed by atoms with Crippen molar-refractivity contribution in [2.75, 3.05) is 6.61 Å². The third kappa shape index (κ3) is 1.85. The molecule has 0 aromatic heterocycles. The number of fused-ring (bicyclic) bond motifs is 1. The molecule has 3 atom stereocenters. The lowest BCUT2D eigenvalue weighted by molar-refractivity contribution is 0.323. The predicted octanol–water partition coefficient (Wildman–Crippen LogP) is 3.06. The van der Waals surface area contributed by atoms with Crippen molar-refractivity contribution in [3.63, 3.8) is 0 Å². The van der Waals surface area contributed by atoms with E-state index in [1.807, 2.05) is 0 Å². The van der Waals surface area contributed by atoms with Gasteiger partial charge in [-0.1, -0.05) is 38.0 Å². The second-order valence-electron chi connectivity index (χ2n) is 5.53. The summed E-state index contributed by atoms with van der Waals surface area (Å²) in [6.07, 6.45) is 4.96. The molecule has 1 fully saturated rings. The summed E-state index contributed by atoms with van der Waals surface area (Å²) in [6.45, 7) is 3.15. The predicted molar refractivity (Wildman–Crippen MR) is 69.1 cm³/mol. The average Bonchev–Trinajstić information content (AvgIpc) is 2.95. The first-order chi connectivity index (χ1) is 8.27. The topological polar surface area (TPSA) is 35.2 Å². The third-order valence-electron chi connectivity index (χ3n) is 4.49. The summed E-state index contributed by atoms with van der Waals surface area (Å²) in [5.74, 6) is 2.46. The Kier molecular flexibility index (Phi) is 2.83. The molecule has 0 amide bonds. The molecule has 1 heterocycles. The van der Waals surface area contributed by atoms with Crippen LogP contribution in [0.25, 0.3) is 0 Å². The smallest absolute Gasteiger partial charge is 0.127 e. The van der Waals surface area contributed by atoms with Gasteiger partial charge < -0.3 is 10.5 Å². The van der Waals surface area contributed by atoms with E-state index in [1.54, 1.807) is 0 Å². The van der Waals surface area contributed by atoms with Crippen molar-refractivity contribution in [3.05, 3.63) is 29.3 Å². The number of rotatable bonds is 2. The number of nitrogens with two attached hydrogens (primary N) is 1. The second kappa shape index (κ2) is 4.34. The van der Waals surface area contributed by atoms with Crippen molar-refractivity contribution in [1.82, 2.24) is 0 Å². The molecule has 0 bridgehead atoms. The summed E-state index contributed by atoms with van der Waals surface area (Å²) < 4.78 is 5.77. The van der Waals surface area contributed by atoms with Crippen LogP contribution >= 0.6 is 0 Å². The molecule has 92 valence electrons. The third-order valence-corrected chi connectivity index (χ3v) is 4.49. The molecule has 3 rings (SSSR count). The molecular weight excluding hydrogens is 210 g/mol. The molecule has 0 radical (unpaired) electrons. The fraction of sp³-hybridized carbons (Fsp3) is 0.600. The molecule has 17 heavy (non-hydrogen) atoms. The van der Waals surface area contributed by atoms with Crippen LogP contribution in [0, 0.1) is 11.8 Å². The van der Waals surface area contributed by atoms with Gasteiger partial charge in [0.2, 0.25) is 0 Å². The van der Waals surface area contributed by atoms with E-state index in [9.17, 15) is 0 Å². The van der Waals surface area contributed by atoms with Crippen molar-refractivity contribution in [2.24, 2.45) is 17.6 Å². The average molecular weight is 231 g/mol. The van der Waals surface area contributed by atoms with Gasteiger partial charge in [-0.05, 0) is 23.8 Å². The molecule has 1 aromatic rings. The van der Waals surface area contributed by atoms with Crippen LogP contribution in [-0.4, -0.2) is 6.61 Å². The van der Waals surface area contributed by atoms with Gasteiger partial charge in [-0.25, -0.2) is 0 Å². The Bertz CT molecular complexity index is 415. The molecule has 1 aliphatic heterocycles. The van der Waals surface area contributed by atoms with Crippen molar-refractivity contribution < 1.29 is 4.74 Å². The van der Waals surface area contributed by atoms with Gasteiger partial charge in [0.05, 0.1) is 6.61 Å². The largest absolute Gasteiger partial charge is 0.493 e. The van der Waals surface area contributed by atoms with Gasteiger partial charge in [-0.15, -0.1) is 0 Å². The zero-order valence-corrected chi connectivity index (χ0v) is 10.5. The van der Waals surface area contributed by atoms with Gasteiger partial charge in [-0.3, -0.25) is 0 Å². The Hall–Kier alpha value is -1.02. The van der Waals surface area contributed by atoms with Gasteiger partial charge in [-0.2, -0.15) is 0 Å². The normalized spacial score (nSPS) is 28.8. The lowest BCUT2D eigenvalue weighted by Crippen LogP contribution is -2.23. The Morgan fingerprint density at radius 1 is 1.35 bits per heavy atom. The van der Waals surface area contributed by atoms with E-state index in [4.69, 9.17) is 10.5 Å². The van der Waals surface area contributed by atoms with E-state index in [0.717, 1.165) is 24.7 Å². The molecule has 2 nitrogen and oxygen atoms in total. The van der Waals surface area contributed by atoms with Crippen LogP contribution in [-0.2, 0) is 6.42 Å². The van der Waals surface area contributed by atoms with E-state index < -0.39 is 0 Å². The summed E-state index contributed by atoms with van der Waals surface area (Å²) in [4.78, 5) is 0. The van der Waals surface area contributed by atoms with Gasteiger partial charge >= 0.3 is 0 Å². The van der Waals surface area contributed by atoms with Crippen molar-refractivity contribution in [1.29, 1.82) is 0 Å². The monoisotopic (exact) mass is 231 g/mol. The van der Waals surface area contributed by atoms with Gasteiger partial charge in [0.15, 0.2) is 0 Å². The minimum Gasteiger partial charge on any atom is -0.493 e. The quantitative estimate of drug-likeness (QED) is 0.849. The highest BCUT2D eigenvalue weighted by Gasteiger charge is 2.32. The maximum absolute atomic E-state index is 6.48. The zero-order valence-electron chi connectivity index (χ0n) is 10.5. The van der Waals surface area contributed by atoms with Crippen LogP contribution in [0.4, 0.5) is 0 Å². The standard InChI is InChI=1S/C15H21NO/c1-10-4-2-6-12(10)14(16)13-7-3-5-11-8-9-17-15(11)13/h3,5,7,10,12,14H,2,4,6,8-9,16H2,1H3. The molecule has 2 N–H and O–H groups in total.